The van der Waals surface area contributed by atoms with Crippen LogP contribution in [-0.4, -0.2) is 0 Å². The van der Waals surface area contributed by atoms with Crippen molar-refractivity contribution in [2.45, 2.75) is 27.2 Å². The van der Waals surface area contributed by atoms with E-state index in [0.717, 1.165) is 17.6 Å². The molecular weight excluding hydrogens is 354 g/mol. The number of hydrogen-bond acceptors (Lipinski definition) is 1. The Kier molecular flexibility index (Phi) is 4.16. The van der Waals surface area contributed by atoms with Crippen molar-refractivity contribution in [1.82, 2.24) is 0 Å². The van der Waals surface area contributed by atoms with Gasteiger partial charge in [-0.25, -0.2) is 4.57 Å². The Balaban J connectivity index is 1.76. The summed E-state index contributed by atoms with van der Waals surface area (Å²) in [6, 6.07) is 21.8. The number of pyridine rings is 1. The number of benzene rings is 3. The fourth-order valence-electron chi connectivity index (χ4n) is 4.50. The van der Waals surface area contributed by atoms with E-state index in [-0.39, 0.29) is 0 Å². The quantitative estimate of drug-likeness (QED) is 0.317. The van der Waals surface area contributed by atoms with E-state index in [1.165, 1.54) is 43.9 Å². The standard InChI is InChI=1S/C27H26NO/c1-17(2)15-19-13-14-28(4)24(16-19)21-10-11-23-26-22-8-6-5-7-20(22)9-12-25(26)29-27(23)18(21)3/h5-14,16-17H,15H2,1-4H3/q+1. The van der Waals surface area contributed by atoms with Gasteiger partial charge in [-0.1, -0.05) is 44.2 Å². The lowest BCUT2D eigenvalue weighted by atomic mass is 9.97. The zero-order chi connectivity index (χ0) is 20.1. The van der Waals surface area contributed by atoms with Crippen LogP contribution in [0.1, 0.15) is 25.0 Å². The van der Waals surface area contributed by atoms with E-state index in [9.17, 15) is 0 Å². The highest BCUT2D eigenvalue weighted by Crippen LogP contribution is 2.38. The van der Waals surface area contributed by atoms with E-state index in [1.54, 1.807) is 0 Å². The van der Waals surface area contributed by atoms with Gasteiger partial charge in [0.2, 0.25) is 5.69 Å². The van der Waals surface area contributed by atoms with Crippen molar-refractivity contribution in [1.29, 1.82) is 0 Å². The van der Waals surface area contributed by atoms with Crippen LogP contribution < -0.4 is 4.57 Å². The van der Waals surface area contributed by atoms with Crippen LogP contribution in [0.4, 0.5) is 0 Å². The summed E-state index contributed by atoms with van der Waals surface area (Å²) >= 11 is 0. The summed E-state index contributed by atoms with van der Waals surface area (Å²) in [7, 11) is 2.12. The highest BCUT2D eigenvalue weighted by atomic mass is 16.3. The average Bonchev–Trinajstić information content (AvgIpc) is 3.10. The third-order valence-corrected chi connectivity index (χ3v) is 5.91. The summed E-state index contributed by atoms with van der Waals surface area (Å²) in [4.78, 5) is 0. The van der Waals surface area contributed by atoms with Gasteiger partial charge >= 0.3 is 0 Å². The van der Waals surface area contributed by atoms with Crippen LogP contribution >= 0.6 is 0 Å². The van der Waals surface area contributed by atoms with E-state index < -0.39 is 0 Å². The summed E-state index contributed by atoms with van der Waals surface area (Å²) in [6.45, 7) is 6.71. The molecule has 0 saturated heterocycles. The van der Waals surface area contributed by atoms with Crippen LogP contribution in [0.15, 0.2) is 71.3 Å². The number of rotatable bonds is 3. The van der Waals surface area contributed by atoms with Crippen LogP contribution in [-0.2, 0) is 13.5 Å². The zero-order valence-corrected chi connectivity index (χ0v) is 17.5. The minimum absolute atomic E-state index is 0.641. The summed E-state index contributed by atoms with van der Waals surface area (Å²) in [5.41, 5.74) is 6.98. The van der Waals surface area contributed by atoms with Crippen molar-refractivity contribution in [3.05, 3.63) is 78.0 Å². The molecule has 0 aliphatic carbocycles. The molecular formula is C27H26NO+. The minimum atomic E-state index is 0.641. The van der Waals surface area contributed by atoms with E-state index in [2.05, 4.69) is 99.2 Å². The summed E-state index contributed by atoms with van der Waals surface area (Å²) in [5, 5.41) is 4.90. The first kappa shape index (κ1) is 17.9. The Morgan fingerprint density at radius 2 is 1.76 bits per heavy atom. The number of aromatic nitrogens is 1. The average molecular weight is 381 g/mol. The smallest absolute Gasteiger partial charge is 0.212 e. The second-order valence-corrected chi connectivity index (χ2v) is 8.51. The fraction of sp³-hybridized carbons (Fsp3) is 0.222. The van der Waals surface area contributed by atoms with Crippen molar-refractivity contribution >= 4 is 32.7 Å². The van der Waals surface area contributed by atoms with Crippen molar-refractivity contribution < 1.29 is 8.98 Å². The fourth-order valence-corrected chi connectivity index (χ4v) is 4.50. The molecule has 0 aliphatic heterocycles. The molecule has 3 aromatic carbocycles. The van der Waals surface area contributed by atoms with E-state index >= 15 is 0 Å². The minimum Gasteiger partial charge on any atom is -0.456 e. The summed E-state index contributed by atoms with van der Waals surface area (Å²) < 4.78 is 8.58. The molecule has 2 heteroatoms. The highest BCUT2D eigenvalue weighted by Gasteiger charge is 2.19. The molecule has 0 spiro atoms. The van der Waals surface area contributed by atoms with Gasteiger partial charge in [0.15, 0.2) is 6.20 Å². The lowest BCUT2D eigenvalue weighted by molar-refractivity contribution is -0.660. The molecule has 5 aromatic rings. The van der Waals surface area contributed by atoms with Gasteiger partial charge in [-0.05, 0) is 53.8 Å². The predicted molar refractivity (Wildman–Crippen MR) is 121 cm³/mol. The molecule has 2 nitrogen and oxygen atoms in total. The maximum absolute atomic E-state index is 6.38. The van der Waals surface area contributed by atoms with Crippen LogP contribution in [0.5, 0.6) is 0 Å². The first-order valence-electron chi connectivity index (χ1n) is 10.4. The Morgan fingerprint density at radius 1 is 0.931 bits per heavy atom. The number of hydrogen-bond donors (Lipinski definition) is 0. The second kappa shape index (κ2) is 6.73. The molecule has 2 heterocycles. The number of aryl methyl sites for hydroxylation is 2. The molecule has 0 atom stereocenters. The second-order valence-electron chi connectivity index (χ2n) is 8.51. The monoisotopic (exact) mass is 380 g/mol. The van der Waals surface area contributed by atoms with E-state index in [0.29, 0.717) is 5.92 Å². The van der Waals surface area contributed by atoms with Crippen molar-refractivity contribution in [2.75, 3.05) is 0 Å². The number of fused-ring (bicyclic) bond motifs is 5. The normalized spacial score (nSPS) is 11.9. The molecule has 0 amide bonds. The lowest BCUT2D eigenvalue weighted by Crippen LogP contribution is -2.30. The third-order valence-electron chi connectivity index (χ3n) is 5.91. The van der Waals surface area contributed by atoms with Gasteiger partial charge in [0, 0.05) is 28.5 Å². The third kappa shape index (κ3) is 2.91. The molecule has 29 heavy (non-hydrogen) atoms. The van der Waals surface area contributed by atoms with Gasteiger partial charge in [0.05, 0.1) is 5.56 Å². The molecule has 0 bridgehead atoms. The zero-order valence-electron chi connectivity index (χ0n) is 17.5. The van der Waals surface area contributed by atoms with Crippen LogP contribution in [0.2, 0.25) is 0 Å². The van der Waals surface area contributed by atoms with Crippen LogP contribution in [0.25, 0.3) is 44.0 Å². The molecule has 0 unspecified atom stereocenters. The van der Waals surface area contributed by atoms with E-state index in [1.807, 2.05) is 0 Å². The summed E-state index contributed by atoms with van der Waals surface area (Å²) in [6.07, 6.45) is 3.26. The van der Waals surface area contributed by atoms with Gasteiger partial charge in [0.25, 0.3) is 0 Å². The topological polar surface area (TPSA) is 17.0 Å². The Morgan fingerprint density at radius 3 is 2.59 bits per heavy atom. The Labute approximate surface area is 171 Å². The van der Waals surface area contributed by atoms with Crippen LogP contribution in [0.3, 0.4) is 0 Å². The maximum atomic E-state index is 6.38. The van der Waals surface area contributed by atoms with Gasteiger partial charge in [0.1, 0.15) is 18.2 Å². The SMILES string of the molecule is Cc1c(-c2cc(CC(C)C)cc[n+]2C)ccc2c1oc1ccc3ccccc3c12. The van der Waals surface area contributed by atoms with Crippen molar-refractivity contribution in [2.24, 2.45) is 13.0 Å². The Hall–Kier alpha value is -3.13. The largest absolute Gasteiger partial charge is 0.456 e. The van der Waals surface area contributed by atoms with Crippen LogP contribution in [0, 0.1) is 12.8 Å². The maximum Gasteiger partial charge on any atom is 0.212 e. The molecule has 0 saturated carbocycles. The van der Waals surface area contributed by atoms with Gasteiger partial charge in [-0.2, -0.15) is 0 Å². The molecule has 0 N–H and O–H groups in total. The van der Waals surface area contributed by atoms with Crippen molar-refractivity contribution in [3.63, 3.8) is 0 Å². The molecule has 0 fully saturated rings. The van der Waals surface area contributed by atoms with Crippen molar-refractivity contribution in [3.8, 4) is 11.3 Å². The first-order chi connectivity index (χ1) is 14.0. The number of nitrogens with zero attached hydrogens (tertiary/aromatic N) is 1. The molecule has 0 aliphatic rings. The highest BCUT2D eigenvalue weighted by molar-refractivity contribution is 6.19. The van der Waals surface area contributed by atoms with Gasteiger partial charge < -0.3 is 4.42 Å². The molecule has 2 aromatic heterocycles. The van der Waals surface area contributed by atoms with E-state index in [4.69, 9.17) is 4.42 Å². The Bertz CT molecular complexity index is 1370. The first-order valence-corrected chi connectivity index (χ1v) is 10.4. The lowest BCUT2D eigenvalue weighted by Gasteiger charge is -2.09. The molecule has 0 radical (unpaired) electrons. The summed E-state index contributed by atoms with van der Waals surface area (Å²) in [5.74, 6) is 0.641. The molecule has 5 rings (SSSR count). The molecule has 144 valence electrons. The number of furan rings is 1. The predicted octanol–water partition coefficient (Wildman–Crippen LogP) is 6.74. The van der Waals surface area contributed by atoms with Gasteiger partial charge in [-0.15, -0.1) is 0 Å². The van der Waals surface area contributed by atoms with Gasteiger partial charge in [-0.3, -0.25) is 0 Å².